The van der Waals surface area contributed by atoms with Crippen LogP contribution < -0.4 is 11.1 Å². The lowest BCUT2D eigenvalue weighted by molar-refractivity contribution is -0.115. The average Bonchev–Trinajstić information content (AvgIpc) is 2.61. The molecule has 0 saturated carbocycles. The van der Waals surface area contributed by atoms with Crippen LogP contribution in [0.1, 0.15) is 37.3 Å². The monoisotopic (exact) mass is 409 g/mol. The lowest BCUT2D eigenvalue weighted by Gasteiger charge is -2.33. The molecule has 1 aliphatic heterocycles. The third kappa shape index (κ3) is 7.06. The summed E-state index contributed by atoms with van der Waals surface area (Å²) in [6, 6.07) is 16.3. The predicted octanol–water partition coefficient (Wildman–Crippen LogP) is 4.67. The molecule has 148 valence electrons. The van der Waals surface area contributed by atoms with E-state index in [1.54, 1.807) is 0 Å². The first-order valence-electron chi connectivity index (χ1n) is 9.07. The van der Waals surface area contributed by atoms with Crippen molar-refractivity contribution >= 4 is 42.1 Å². The number of hydrogen-bond donors (Lipinski definition) is 2. The first-order chi connectivity index (χ1) is 12.1. The summed E-state index contributed by atoms with van der Waals surface area (Å²) in [5, 5.41) is 2.96. The second kappa shape index (κ2) is 11.2. The average molecular weight is 410 g/mol. The Labute approximate surface area is 174 Å². The normalized spacial score (nSPS) is 16.7. The smallest absolute Gasteiger partial charge is 0.228 e. The van der Waals surface area contributed by atoms with E-state index in [1.807, 2.05) is 36.4 Å². The molecular formula is C21H29Cl2N3O. The quantitative estimate of drug-likeness (QED) is 0.705. The molecule has 1 saturated heterocycles. The Bertz CT molecular complexity index is 704. The van der Waals surface area contributed by atoms with Crippen molar-refractivity contribution in [1.29, 1.82) is 0 Å². The van der Waals surface area contributed by atoms with Crippen molar-refractivity contribution in [1.82, 2.24) is 4.90 Å². The number of halogens is 2. The van der Waals surface area contributed by atoms with E-state index >= 15 is 0 Å². The zero-order chi connectivity index (χ0) is 17.6. The number of nitrogen functional groups attached to an aromatic ring is 1. The highest BCUT2D eigenvalue weighted by atomic mass is 35.5. The molecule has 1 fully saturated rings. The first kappa shape index (κ1) is 23.3. The van der Waals surface area contributed by atoms with Crippen LogP contribution in [0.2, 0.25) is 0 Å². The highest BCUT2D eigenvalue weighted by Crippen LogP contribution is 2.20. The minimum Gasteiger partial charge on any atom is -0.399 e. The Balaban J connectivity index is 0.00000182. The fourth-order valence-electron chi connectivity index (χ4n) is 3.35. The summed E-state index contributed by atoms with van der Waals surface area (Å²) in [5.74, 6) is -0.0119. The van der Waals surface area contributed by atoms with Gasteiger partial charge < -0.3 is 11.1 Å². The largest absolute Gasteiger partial charge is 0.399 e. The molecule has 1 amide bonds. The highest BCUT2D eigenvalue weighted by molar-refractivity contribution is 5.92. The molecule has 0 spiro atoms. The third-order valence-corrected chi connectivity index (χ3v) is 4.91. The van der Waals surface area contributed by atoms with E-state index in [0.717, 1.165) is 17.8 Å². The summed E-state index contributed by atoms with van der Waals surface area (Å²) in [7, 11) is 0. The van der Waals surface area contributed by atoms with Gasteiger partial charge in [0, 0.05) is 24.0 Å². The second-order valence-corrected chi connectivity index (χ2v) is 6.98. The minimum absolute atomic E-state index is 0. The molecule has 1 unspecified atom stereocenters. The molecule has 6 heteroatoms. The van der Waals surface area contributed by atoms with Gasteiger partial charge in [-0.25, -0.2) is 0 Å². The number of carbonyl (C=O) groups is 1. The molecule has 2 aromatic carbocycles. The molecule has 1 aliphatic rings. The third-order valence-electron chi connectivity index (χ3n) is 4.91. The van der Waals surface area contributed by atoms with Crippen molar-refractivity contribution in [3.63, 3.8) is 0 Å². The lowest BCUT2D eigenvalue weighted by atomic mass is 10.0. The van der Waals surface area contributed by atoms with Crippen LogP contribution in [0.4, 0.5) is 11.4 Å². The van der Waals surface area contributed by atoms with Gasteiger partial charge >= 0.3 is 0 Å². The molecule has 27 heavy (non-hydrogen) atoms. The highest BCUT2D eigenvalue weighted by Gasteiger charge is 2.17. The van der Waals surface area contributed by atoms with E-state index in [9.17, 15) is 4.79 Å². The molecule has 0 bridgehead atoms. The topological polar surface area (TPSA) is 58.4 Å². The van der Waals surface area contributed by atoms with Crippen LogP contribution in [0.25, 0.3) is 0 Å². The summed E-state index contributed by atoms with van der Waals surface area (Å²) in [6.07, 6.45) is 4.28. The van der Waals surface area contributed by atoms with Crippen LogP contribution in [0.5, 0.6) is 0 Å². The Hall–Kier alpha value is -1.75. The van der Waals surface area contributed by atoms with Crippen LogP contribution in [0.15, 0.2) is 48.5 Å². The molecule has 3 N–H and O–H groups in total. The fourth-order valence-corrected chi connectivity index (χ4v) is 3.35. The van der Waals surface area contributed by atoms with E-state index < -0.39 is 0 Å². The molecule has 0 aromatic heterocycles. The van der Waals surface area contributed by atoms with E-state index in [0.29, 0.717) is 18.2 Å². The van der Waals surface area contributed by atoms with Crippen molar-refractivity contribution in [3.05, 3.63) is 59.7 Å². The number of amides is 1. The Morgan fingerprint density at radius 1 is 1.04 bits per heavy atom. The molecular weight excluding hydrogens is 381 g/mol. The summed E-state index contributed by atoms with van der Waals surface area (Å²) in [6.45, 7) is 4.48. The van der Waals surface area contributed by atoms with Gasteiger partial charge in [-0.1, -0.05) is 30.7 Å². The summed E-state index contributed by atoms with van der Waals surface area (Å²) in [5.41, 5.74) is 9.48. The van der Waals surface area contributed by atoms with Crippen LogP contribution in [0, 0.1) is 0 Å². The van der Waals surface area contributed by atoms with E-state index in [1.165, 1.54) is 31.4 Å². The van der Waals surface area contributed by atoms with Crippen molar-refractivity contribution in [2.24, 2.45) is 0 Å². The number of nitrogens with zero attached hydrogens (tertiary/aromatic N) is 1. The fraction of sp³-hybridized carbons (Fsp3) is 0.381. The molecule has 0 radical (unpaired) electrons. The predicted molar refractivity (Wildman–Crippen MR) is 118 cm³/mol. The maximum absolute atomic E-state index is 12.2. The number of rotatable bonds is 5. The van der Waals surface area contributed by atoms with Crippen LogP contribution in [-0.4, -0.2) is 23.4 Å². The lowest BCUT2D eigenvalue weighted by Crippen LogP contribution is -2.36. The van der Waals surface area contributed by atoms with Gasteiger partial charge in [0.15, 0.2) is 0 Å². The van der Waals surface area contributed by atoms with Gasteiger partial charge in [-0.05, 0) is 61.7 Å². The Morgan fingerprint density at radius 2 is 1.67 bits per heavy atom. The Morgan fingerprint density at radius 3 is 2.30 bits per heavy atom. The summed E-state index contributed by atoms with van der Waals surface area (Å²) < 4.78 is 0. The van der Waals surface area contributed by atoms with Crippen molar-refractivity contribution in [2.45, 2.75) is 45.2 Å². The van der Waals surface area contributed by atoms with E-state index in [-0.39, 0.29) is 30.7 Å². The SMILES string of the molecule is CC1CCCCN1Cc1ccc(NC(=O)Cc2ccc(N)cc2)cc1.Cl.Cl. The molecule has 4 nitrogen and oxygen atoms in total. The van der Waals surface area contributed by atoms with Crippen LogP contribution >= 0.6 is 24.8 Å². The summed E-state index contributed by atoms with van der Waals surface area (Å²) >= 11 is 0. The van der Waals surface area contributed by atoms with E-state index in [4.69, 9.17) is 5.73 Å². The zero-order valence-corrected chi connectivity index (χ0v) is 17.3. The van der Waals surface area contributed by atoms with Crippen LogP contribution in [-0.2, 0) is 17.8 Å². The van der Waals surface area contributed by atoms with Gasteiger partial charge in [-0.3, -0.25) is 9.69 Å². The number of carbonyl (C=O) groups excluding carboxylic acids is 1. The second-order valence-electron chi connectivity index (χ2n) is 6.98. The molecule has 3 rings (SSSR count). The van der Waals surface area contributed by atoms with Gasteiger partial charge in [-0.2, -0.15) is 0 Å². The van der Waals surface area contributed by atoms with Gasteiger partial charge in [0.25, 0.3) is 0 Å². The molecule has 1 heterocycles. The van der Waals surface area contributed by atoms with Gasteiger partial charge in [0.1, 0.15) is 0 Å². The van der Waals surface area contributed by atoms with Crippen molar-refractivity contribution in [2.75, 3.05) is 17.6 Å². The van der Waals surface area contributed by atoms with Gasteiger partial charge in [-0.15, -0.1) is 24.8 Å². The summed E-state index contributed by atoms with van der Waals surface area (Å²) in [4.78, 5) is 14.7. The van der Waals surface area contributed by atoms with E-state index in [2.05, 4.69) is 29.3 Å². The molecule has 2 aromatic rings. The van der Waals surface area contributed by atoms with Crippen molar-refractivity contribution < 1.29 is 4.79 Å². The number of nitrogens with one attached hydrogen (secondary N) is 1. The maximum Gasteiger partial charge on any atom is 0.228 e. The zero-order valence-electron chi connectivity index (χ0n) is 15.7. The maximum atomic E-state index is 12.2. The number of anilines is 2. The molecule has 1 atom stereocenters. The number of nitrogens with two attached hydrogens (primary N) is 1. The molecule has 0 aliphatic carbocycles. The van der Waals surface area contributed by atoms with Crippen molar-refractivity contribution in [3.8, 4) is 0 Å². The number of likely N-dealkylation sites (tertiary alicyclic amines) is 1. The first-order valence-corrected chi connectivity index (χ1v) is 9.07. The van der Waals surface area contributed by atoms with Crippen LogP contribution in [0.3, 0.4) is 0 Å². The number of hydrogen-bond acceptors (Lipinski definition) is 3. The Kier molecular flexibility index (Phi) is 9.64. The minimum atomic E-state index is -0.0119. The standard InChI is InChI=1S/C21H27N3O.2ClH/c1-16-4-2-3-13-24(16)15-18-7-11-20(12-8-18)23-21(25)14-17-5-9-19(22)10-6-17;;/h5-12,16H,2-4,13-15,22H2,1H3,(H,23,25);2*1H. The number of benzene rings is 2. The number of piperidine rings is 1. The van der Waals surface area contributed by atoms with Gasteiger partial charge in [0.2, 0.25) is 5.91 Å². The van der Waals surface area contributed by atoms with Gasteiger partial charge in [0.05, 0.1) is 6.42 Å².